The maximum Gasteiger partial charge on any atom is 0.0654 e. The lowest BCUT2D eigenvalue weighted by Crippen LogP contribution is -2.36. The van der Waals surface area contributed by atoms with Gasteiger partial charge in [-0.1, -0.05) is 20.3 Å². The van der Waals surface area contributed by atoms with Crippen molar-refractivity contribution in [2.75, 3.05) is 0 Å². The first-order valence-electron chi connectivity index (χ1n) is 3.99. The van der Waals surface area contributed by atoms with Gasteiger partial charge < -0.3 is 5.11 Å². The summed E-state index contributed by atoms with van der Waals surface area (Å²) in [4.78, 5) is 0. The zero-order valence-electron chi connectivity index (χ0n) is 6.98. The molecule has 59 valence electrons. The lowest BCUT2D eigenvalue weighted by atomic mass is 9.71. The maximum absolute atomic E-state index is 9.60. The highest BCUT2D eigenvalue weighted by Gasteiger charge is 2.34. The van der Waals surface area contributed by atoms with E-state index in [1.165, 1.54) is 6.42 Å². The number of aliphatic hydroxyl groups is 1. The molecule has 0 bridgehead atoms. The molecule has 1 atom stereocenters. The van der Waals surface area contributed by atoms with E-state index >= 15 is 0 Å². The molecule has 0 spiro atoms. The van der Waals surface area contributed by atoms with Crippen molar-refractivity contribution >= 4 is 0 Å². The van der Waals surface area contributed by atoms with E-state index in [9.17, 15) is 5.11 Å². The Bertz CT molecular complexity index is 111. The fourth-order valence-corrected chi connectivity index (χ4v) is 1.96. The highest BCUT2D eigenvalue weighted by atomic mass is 16.3. The van der Waals surface area contributed by atoms with Gasteiger partial charge in [-0.25, -0.2) is 0 Å². The Morgan fingerprint density at radius 1 is 1.30 bits per heavy atom. The van der Waals surface area contributed by atoms with Crippen molar-refractivity contribution in [3.05, 3.63) is 6.92 Å². The van der Waals surface area contributed by atoms with Gasteiger partial charge in [0, 0.05) is 0 Å². The average Bonchev–Trinajstić information content (AvgIpc) is 1.56. The molecule has 1 nitrogen and oxygen atoms in total. The first-order valence-corrected chi connectivity index (χ1v) is 3.99. The van der Waals surface area contributed by atoms with E-state index in [0.717, 1.165) is 19.3 Å². The molecule has 0 saturated heterocycles. The third-order valence-electron chi connectivity index (χ3n) is 2.30. The van der Waals surface area contributed by atoms with Crippen molar-refractivity contribution in [2.45, 2.75) is 45.1 Å². The average molecular weight is 141 g/mol. The Morgan fingerprint density at radius 3 is 2.20 bits per heavy atom. The Morgan fingerprint density at radius 2 is 1.90 bits per heavy atom. The summed E-state index contributed by atoms with van der Waals surface area (Å²) in [5.74, 6) is 0. The van der Waals surface area contributed by atoms with Gasteiger partial charge in [0.2, 0.25) is 0 Å². The molecule has 0 aromatic carbocycles. The molecule has 1 saturated carbocycles. The Balaban J connectivity index is 2.56. The second-order valence-electron chi connectivity index (χ2n) is 4.42. The van der Waals surface area contributed by atoms with Crippen LogP contribution in [0.2, 0.25) is 0 Å². The van der Waals surface area contributed by atoms with Crippen LogP contribution in [0.1, 0.15) is 39.5 Å². The fourth-order valence-electron chi connectivity index (χ4n) is 1.96. The highest BCUT2D eigenvalue weighted by Crippen LogP contribution is 2.40. The summed E-state index contributed by atoms with van der Waals surface area (Å²) in [5, 5.41) is 9.60. The molecule has 0 heterocycles. The van der Waals surface area contributed by atoms with Crippen LogP contribution < -0.4 is 0 Å². The van der Waals surface area contributed by atoms with Crippen molar-refractivity contribution in [3.8, 4) is 0 Å². The molecule has 0 aromatic rings. The molecule has 0 aliphatic heterocycles. The Hall–Kier alpha value is -0.0400. The predicted molar refractivity (Wildman–Crippen MR) is 42.6 cm³/mol. The molecule has 0 aromatic heterocycles. The summed E-state index contributed by atoms with van der Waals surface area (Å²) in [5.41, 5.74) is -0.337. The summed E-state index contributed by atoms with van der Waals surface area (Å²) in [6, 6.07) is 0. The Kier molecular flexibility index (Phi) is 1.80. The summed E-state index contributed by atoms with van der Waals surface area (Å²) in [7, 11) is 0. The van der Waals surface area contributed by atoms with Crippen molar-refractivity contribution in [1.82, 2.24) is 0 Å². The third-order valence-corrected chi connectivity index (χ3v) is 2.30. The van der Waals surface area contributed by atoms with E-state index in [0.29, 0.717) is 5.41 Å². The topological polar surface area (TPSA) is 20.2 Å². The standard InChI is InChI=1S/C9H17O/c1-8(2)5-4-6-9(3,10)7-8/h10H,3-7H2,1-2H3. The number of hydrogen-bond acceptors (Lipinski definition) is 1. The third kappa shape index (κ3) is 1.98. The molecule has 1 unspecified atom stereocenters. The van der Waals surface area contributed by atoms with Crippen LogP contribution in [0.3, 0.4) is 0 Å². The molecule has 1 aliphatic rings. The molecule has 1 aliphatic carbocycles. The van der Waals surface area contributed by atoms with Crippen molar-refractivity contribution in [1.29, 1.82) is 0 Å². The van der Waals surface area contributed by atoms with E-state index in [-0.39, 0.29) is 0 Å². The van der Waals surface area contributed by atoms with Crippen LogP contribution >= 0.6 is 0 Å². The van der Waals surface area contributed by atoms with Gasteiger partial charge in [-0.05, 0) is 31.6 Å². The largest absolute Gasteiger partial charge is 0.390 e. The monoisotopic (exact) mass is 141 g/mol. The van der Waals surface area contributed by atoms with Gasteiger partial charge in [-0.3, -0.25) is 0 Å². The zero-order valence-corrected chi connectivity index (χ0v) is 6.98. The smallest absolute Gasteiger partial charge is 0.0654 e. The first-order chi connectivity index (χ1) is 4.41. The van der Waals surface area contributed by atoms with Gasteiger partial charge >= 0.3 is 0 Å². The van der Waals surface area contributed by atoms with Gasteiger partial charge in [-0.15, -0.1) is 0 Å². The van der Waals surface area contributed by atoms with E-state index in [1.807, 2.05) is 0 Å². The van der Waals surface area contributed by atoms with E-state index < -0.39 is 5.60 Å². The minimum Gasteiger partial charge on any atom is -0.390 e. The minimum atomic E-state index is -0.637. The second kappa shape index (κ2) is 2.23. The molecule has 0 amide bonds. The first kappa shape index (κ1) is 8.06. The molecular weight excluding hydrogens is 124 g/mol. The lowest BCUT2D eigenvalue weighted by molar-refractivity contribution is -0.00125. The van der Waals surface area contributed by atoms with E-state index in [1.54, 1.807) is 0 Å². The minimum absolute atomic E-state index is 0.300. The molecule has 1 rings (SSSR count). The fraction of sp³-hybridized carbons (Fsp3) is 0.889. The van der Waals surface area contributed by atoms with Gasteiger partial charge in [0.05, 0.1) is 5.60 Å². The van der Waals surface area contributed by atoms with E-state index in [4.69, 9.17) is 0 Å². The molecule has 1 fully saturated rings. The van der Waals surface area contributed by atoms with Gasteiger partial charge in [0.25, 0.3) is 0 Å². The van der Waals surface area contributed by atoms with Crippen LogP contribution in [-0.2, 0) is 0 Å². The number of rotatable bonds is 0. The van der Waals surface area contributed by atoms with Crippen LogP contribution in [-0.4, -0.2) is 10.7 Å². The second-order valence-corrected chi connectivity index (χ2v) is 4.42. The van der Waals surface area contributed by atoms with Crippen LogP contribution in [0.25, 0.3) is 0 Å². The van der Waals surface area contributed by atoms with E-state index in [2.05, 4.69) is 20.8 Å². The summed E-state index contributed by atoms with van der Waals surface area (Å²) in [6.07, 6.45) is 4.06. The molecular formula is C9H17O. The highest BCUT2D eigenvalue weighted by molar-refractivity contribution is 4.91. The summed E-state index contributed by atoms with van der Waals surface area (Å²) >= 11 is 0. The van der Waals surface area contributed by atoms with Crippen LogP contribution in [0.15, 0.2) is 0 Å². The van der Waals surface area contributed by atoms with Gasteiger partial charge in [0.1, 0.15) is 0 Å². The molecule has 10 heavy (non-hydrogen) atoms. The maximum atomic E-state index is 9.60. The lowest BCUT2D eigenvalue weighted by Gasteiger charge is -2.39. The summed E-state index contributed by atoms with van der Waals surface area (Å²) in [6.45, 7) is 8.17. The Labute approximate surface area is 63.4 Å². The zero-order chi connectivity index (χ0) is 7.83. The normalized spacial score (nSPS) is 39.6. The molecule has 1 heteroatoms. The molecule has 1 N–H and O–H groups in total. The number of hydrogen-bond donors (Lipinski definition) is 1. The van der Waals surface area contributed by atoms with Crippen molar-refractivity contribution in [2.24, 2.45) is 5.41 Å². The van der Waals surface area contributed by atoms with Crippen LogP contribution in [0.4, 0.5) is 0 Å². The predicted octanol–water partition coefficient (Wildman–Crippen LogP) is 2.15. The van der Waals surface area contributed by atoms with Crippen LogP contribution in [0.5, 0.6) is 0 Å². The SMILES string of the molecule is [CH2]C1(O)CCCC(C)(C)C1. The van der Waals surface area contributed by atoms with Gasteiger partial charge in [-0.2, -0.15) is 0 Å². The summed E-state index contributed by atoms with van der Waals surface area (Å²) < 4.78 is 0. The van der Waals surface area contributed by atoms with Crippen LogP contribution in [0, 0.1) is 12.3 Å². The van der Waals surface area contributed by atoms with Crippen molar-refractivity contribution < 1.29 is 5.11 Å². The molecule has 1 radical (unpaired) electrons. The van der Waals surface area contributed by atoms with Gasteiger partial charge in [0.15, 0.2) is 0 Å². The quantitative estimate of drug-likeness (QED) is 0.548. The van der Waals surface area contributed by atoms with Crippen molar-refractivity contribution in [3.63, 3.8) is 0 Å².